The van der Waals surface area contributed by atoms with Crippen LogP contribution in [0.4, 0.5) is 18.9 Å². The lowest BCUT2D eigenvalue weighted by atomic mass is 10.2. The standard InChI is InChI=1S/C21H18Cl2F3N7O4/c1-37-19(35)18-28-15(29-33(18)13-3-2-8-27-16(13)23)10-32-20(36)31(9-14(34)21(24,25)26)17(30-32)11-4-6-12(22)7-5-11/h2-8,14-15,29,34H,9-10H2,1H3/t14-,15?/m0/s1. The summed E-state index contributed by atoms with van der Waals surface area (Å²) in [6.07, 6.45) is -7.31. The number of nitrogens with zero attached hydrogens (tertiary/aromatic N) is 6. The molecule has 1 unspecified atom stereocenters. The third-order valence-corrected chi connectivity index (χ3v) is 5.76. The van der Waals surface area contributed by atoms with E-state index in [0.717, 1.165) is 11.8 Å². The number of aliphatic hydroxyl groups excluding tert-OH is 1. The molecule has 2 N–H and O–H groups in total. The summed E-state index contributed by atoms with van der Waals surface area (Å²) in [6.45, 7) is -1.39. The second-order valence-electron chi connectivity index (χ2n) is 7.70. The average molecular weight is 560 g/mol. The van der Waals surface area contributed by atoms with Gasteiger partial charge in [-0.25, -0.2) is 34.7 Å². The zero-order chi connectivity index (χ0) is 26.9. The molecule has 3 heterocycles. The molecule has 1 aliphatic heterocycles. The van der Waals surface area contributed by atoms with Gasteiger partial charge in [0.15, 0.2) is 17.1 Å². The molecule has 4 rings (SSSR count). The number of aliphatic hydroxyl groups is 1. The lowest BCUT2D eigenvalue weighted by Crippen LogP contribution is -2.45. The number of hydrogen-bond donors (Lipinski definition) is 2. The Labute approximate surface area is 216 Å². The maximum Gasteiger partial charge on any atom is 0.416 e. The van der Waals surface area contributed by atoms with E-state index in [9.17, 15) is 27.9 Å². The minimum Gasteiger partial charge on any atom is -0.463 e. The van der Waals surface area contributed by atoms with Gasteiger partial charge in [0, 0.05) is 16.8 Å². The molecule has 0 saturated carbocycles. The van der Waals surface area contributed by atoms with Crippen LogP contribution in [0.2, 0.25) is 10.2 Å². The average Bonchev–Trinajstić information content (AvgIpc) is 3.40. The number of pyridine rings is 1. The van der Waals surface area contributed by atoms with Crippen LogP contribution in [0.1, 0.15) is 0 Å². The first-order valence-corrected chi connectivity index (χ1v) is 11.3. The number of carbonyl (C=O) groups is 1. The molecule has 0 saturated heterocycles. The molecular weight excluding hydrogens is 542 g/mol. The first kappa shape index (κ1) is 26.6. The van der Waals surface area contributed by atoms with E-state index >= 15 is 0 Å². The summed E-state index contributed by atoms with van der Waals surface area (Å²) in [5.41, 5.74) is 2.49. The number of carbonyl (C=O) groups excluding carboxylic acids is 1. The molecule has 0 radical (unpaired) electrons. The zero-order valence-electron chi connectivity index (χ0n) is 18.9. The molecule has 11 nitrogen and oxygen atoms in total. The molecule has 2 atom stereocenters. The number of hydrazine groups is 1. The molecule has 37 heavy (non-hydrogen) atoms. The van der Waals surface area contributed by atoms with E-state index in [0.29, 0.717) is 9.59 Å². The van der Waals surface area contributed by atoms with Crippen molar-refractivity contribution in [1.82, 2.24) is 24.8 Å². The van der Waals surface area contributed by atoms with Crippen molar-refractivity contribution in [2.45, 2.75) is 31.5 Å². The summed E-state index contributed by atoms with van der Waals surface area (Å²) in [5.74, 6) is -1.14. The van der Waals surface area contributed by atoms with Crippen molar-refractivity contribution in [3.8, 4) is 11.4 Å². The van der Waals surface area contributed by atoms with Crippen molar-refractivity contribution in [2.24, 2.45) is 4.99 Å². The molecule has 1 aliphatic rings. The summed E-state index contributed by atoms with van der Waals surface area (Å²) in [7, 11) is 1.15. The summed E-state index contributed by atoms with van der Waals surface area (Å²) in [4.78, 5) is 33.6. The lowest BCUT2D eigenvalue weighted by Gasteiger charge is -2.20. The minimum atomic E-state index is -4.96. The number of aliphatic imine (C=N–C) groups is 1. The Morgan fingerprint density at radius 3 is 2.57 bits per heavy atom. The lowest BCUT2D eigenvalue weighted by molar-refractivity contribution is -0.207. The van der Waals surface area contributed by atoms with Crippen LogP contribution in [0.3, 0.4) is 0 Å². The summed E-state index contributed by atoms with van der Waals surface area (Å²) >= 11 is 12.0. The highest BCUT2D eigenvalue weighted by Crippen LogP contribution is 2.26. The van der Waals surface area contributed by atoms with Crippen molar-refractivity contribution >= 4 is 40.7 Å². The van der Waals surface area contributed by atoms with Crippen LogP contribution in [0.25, 0.3) is 11.4 Å². The Morgan fingerprint density at radius 2 is 1.95 bits per heavy atom. The summed E-state index contributed by atoms with van der Waals surface area (Å²) < 4.78 is 45.6. The third-order valence-electron chi connectivity index (χ3n) is 5.22. The fraction of sp³-hybridized carbons (Fsp3) is 0.286. The van der Waals surface area contributed by atoms with Crippen LogP contribution in [0.15, 0.2) is 52.4 Å². The quantitative estimate of drug-likeness (QED) is 0.333. The number of anilines is 1. The highest BCUT2D eigenvalue weighted by Gasteiger charge is 2.40. The topological polar surface area (TPSA) is 127 Å². The zero-order valence-corrected chi connectivity index (χ0v) is 20.4. The third kappa shape index (κ3) is 5.61. The van der Waals surface area contributed by atoms with Gasteiger partial charge in [-0.3, -0.25) is 4.57 Å². The molecule has 0 fully saturated rings. The molecule has 16 heteroatoms. The van der Waals surface area contributed by atoms with Gasteiger partial charge in [0.2, 0.25) is 5.84 Å². The van der Waals surface area contributed by atoms with Crippen LogP contribution in [0, 0.1) is 0 Å². The van der Waals surface area contributed by atoms with E-state index in [1.54, 1.807) is 12.1 Å². The molecule has 0 amide bonds. The highest BCUT2D eigenvalue weighted by atomic mass is 35.5. The number of hydrogen-bond acceptors (Lipinski definition) is 9. The van der Waals surface area contributed by atoms with Crippen molar-refractivity contribution < 1.29 is 27.8 Å². The number of aromatic nitrogens is 4. The van der Waals surface area contributed by atoms with Crippen molar-refractivity contribution in [3.63, 3.8) is 0 Å². The smallest absolute Gasteiger partial charge is 0.416 e. The molecule has 0 spiro atoms. The van der Waals surface area contributed by atoms with E-state index in [2.05, 4.69) is 20.5 Å². The molecule has 2 aromatic heterocycles. The number of rotatable bonds is 7. The van der Waals surface area contributed by atoms with Crippen LogP contribution >= 0.6 is 23.2 Å². The van der Waals surface area contributed by atoms with Crippen LogP contribution in [0.5, 0.6) is 0 Å². The maximum absolute atomic E-state index is 13.1. The Balaban J connectivity index is 1.70. The maximum atomic E-state index is 13.1. The molecule has 196 valence electrons. The number of esters is 1. The SMILES string of the molecule is COC(=O)C1=NC(Cn2nc(-c3ccc(Cl)cc3)n(C[C@H](O)C(F)(F)F)c2=O)NN1c1cccnc1Cl. The Hall–Kier alpha value is -3.46. The van der Waals surface area contributed by atoms with Gasteiger partial charge in [0.25, 0.3) is 0 Å². The van der Waals surface area contributed by atoms with Crippen LogP contribution in [-0.4, -0.2) is 61.8 Å². The highest BCUT2D eigenvalue weighted by molar-refractivity contribution is 6.42. The van der Waals surface area contributed by atoms with Gasteiger partial charge in [-0.2, -0.15) is 13.2 Å². The normalized spacial score (nSPS) is 16.6. The predicted octanol–water partition coefficient (Wildman–Crippen LogP) is 2.26. The number of benzene rings is 1. The van der Waals surface area contributed by atoms with Crippen LogP contribution < -0.4 is 16.1 Å². The molecule has 3 aromatic rings. The Morgan fingerprint density at radius 1 is 1.24 bits per heavy atom. The fourth-order valence-electron chi connectivity index (χ4n) is 3.47. The predicted molar refractivity (Wildman–Crippen MR) is 127 cm³/mol. The van der Waals surface area contributed by atoms with Gasteiger partial charge < -0.3 is 9.84 Å². The molecule has 1 aromatic carbocycles. The monoisotopic (exact) mass is 559 g/mol. The van der Waals surface area contributed by atoms with E-state index in [4.69, 9.17) is 27.9 Å². The van der Waals surface area contributed by atoms with Gasteiger partial charge in [-0.15, -0.1) is 5.10 Å². The number of methoxy groups -OCH3 is 1. The van der Waals surface area contributed by atoms with Gasteiger partial charge in [0.1, 0.15) is 6.17 Å². The fourth-order valence-corrected chi connectivity index (χ4v) is 3.80. The Kier molecular flexibility index (Phi) is 7.54. The van der Waals surface area contributed by atoms with Gasteiger partial charge in [-0.1, -0.05) is 23.2 Å². The summed E-state index contributed by atoms with van der Waals surface area (Å²) in [6, 6.07) is 9.03. The number of ether oxygens (including phenoxy) is 1. The van der Waals surface area contributed by atoms with Crippen molar-refractivity contribution in [1.29, 1.82) is 0 Å². The van der Waals surface area contributed by atoms with E-state index in [-0.39, 0.29) is 34.6 Å². The summed E-state index contributed by atoms with van der Waals surface area (Å²) in [5, 5.41) is 15.4. The van der Waals surface area contributed by atoms with Gasteiger partial charge >= 0.3 is 17.8 Å². The number of nitrogens with one attached hydrogen (secondary N) is 1. The molecular formula is C21H18Cl2F3N7O4. The number of amidine groups is 1. The second kappa shape index (κ2) is 10.5. The number of halogens is 5. The second-order valence-corrected chi connectivity index (χ2v) is 8.50. The largest absolute Gasteiger partial charge is 0.463 e. The van der Waals surface area contributed by atoms with Crippen LogP contribution in [-0.2, 0) is 22.6 Å². The molecule has 0 aliphatic carbocycles. The van der Waals surface area contributed by atoms with E-state index in [1.165, 1.54) is 35.5 Å². The number of alkyl halides is 3. The minimum absolute atomic E-state index is 0.0415. The first-order valence-electron chi connectivity index (χ1n) is 10.5. The Bertz CT molecular complexity index is 1390. The molecule has 0 bridgehead atoms. The van der Waals surface area contributed by atoms with Gasteiger partial charge in [0.05, 0.1) is 25.9 Å². The van der Waals surface area contributed by atoms with E-state index in [1.807, 2.05) is 0 Å². The van der Waals surface area contributed by atoms with E-state index < -0.39 is 36.6 Å². The van der Waals surface area contributed by atoms with Crippen molar-refractivity contribution in [3.05, 3.63) is 63.3 Å². The van der Waals surface area contributed by atoms with Crippen molar-refractivity contribution in [2.75, 3.05) is 12.1 Å². The first-order chi connectivity index (χ1) is 17.5. The van der Waals surface area contributed by atoms with Gasteiger partial charge in [-0.05, 0) is 36.4 Å².